The molecule has 0 aliphatic carbocycles. The van der Waals surface area contributed by atoms with Crippen LogP contribution in [0, 0.1) is 0 Å². The highest BCUT2D eigenvalue weighted by Gasteiger charge is 2.31. The van der Waals surface area contributed by atoms with Gasteiger partial charge in [-0.3, -0.25) is 9.69 Å². The maximum Gasteiger partial charge on any atom is 0.246 e. The predicted octanol–water partition coefficient (Wildman–Crippen LogP) is 1.52. The van der Waals surface area contributed by atoms with Gasteiger partial charge in [-0.05, 0) is 18.7 Å². The Morgan fingerprint density at radius 2 is 2.12 bits per heavy atom. The largest absolute Gasteiger partial charge is 0.336 e. The van der Waals surface area contributed by atoms with Crippen LogP contribution in [0.25, 0.3) is 0 Å². The Balaban J connectivity index is 1.82. The van der Waals surface area contributed by atoms with Gasteiger partial charge in [0.15, 0.2) is 0 Å². The first-order valence-electron chi connectivity index (χ1n) is 5.86. The van der Waals surface area contributed by atoms with Gasteiger partial charge in [-0.15, -0.1) is 0 Å². The molecule has 0 aromatic heterocycles. The summed E-state index contributed by atoms with van der Waals surface area (Å²) in [6.45, 7) is 6.06. The van der Waals surface area contributed by atoms with Crippen LogP contribution in [0.15, 0.2) is 43.0 Å². The summed E-state index contributed by atoms with van der Waals surface area (Å²) in [5, 5.41) is 0. The summed E-state index contributed by atoms with van der Waals surface area (Å²) in [4.78, 5) is 15.4. The van der Waals surface area contributed by atoms with E-state index in [2.05, 4.69) is 42.8 Å². The van der Waals surface area contributed by atoms with Gasteiger partial charge < -0.3 is 4.90 Å². The third-order valence-corrected chi connectivity index (χ3v) is 3.25. The minimum atomic E-state index is 0.0364. The number of carbonyl (C=O) groups excluding carboxylic acids is 1. The molecule has 1 aromatic carbocycles. The smallest absolute Gasteiger partial charge is 0.246 e. The number of benzene rings is 1. The SMILES string of the molecule is C=CC(=O)N1CC(N(C)Cc2ccccc2)C1. The molecule has 0 atom stereocenters. The maximum atomic E-state index is 11.3. The van der Waals surface area contributed by atoms with Crippen LogP contribution < -0.4 is 0 Å². The number of hydrogen-bond donors (Lipinski definition) is 0. The van der Waals surface area contributed by atoms with E-state index in [0.29, 0.717) is 6.04 Å². The Hall–Kier alpha value is -1.61. The van der Waals surface area contributed by atoms with Crippen molar-refractivity contribution in [1.29, 1.82) is 0 Å². The summed E-state index contributed by atoms with van der Waals surface area (Å²) in [5.41, 5.74) is 1.31. The first-order chi connectivity index (χ1) is 8.20. The van der Waals surface area contributed by atoms with Gasteiger partial charge in [0.25, 0.3) is 0 Å². The normalized spacial score (nSPS) is 15.8. The Labute approximate surface area is 102 Å². The molecule has 2 rings (SSSR count). The number of amides is 1. The van der Waals surface area contributed by atoms with E-state index in [1.54, 1.807) is 0 Å². The number of rotatable bonds is 4. The van der Waals surface area contributed by atoms with Crippen LogP contribution in [0.1, 0.15) is 5.56 Å². The van der Waals surface area contributed by atoms with Crippen molar-refractivity contribution in [3.05, 3.63) is 48.6 Å². The predicted molar refractivity (Wildman–Crippen MR) is 68.5 cm³/mol. The summed E-state index contributed by atoms with van der Waals surface area (Å²) in [6, 6.07) is 10.9. The molecular formula is C14H18N2O. The lowest BCUT2D eigenvalue weighted by atomic mass is 10.1. The molecule has 90 valence electrons. The third-order valence-electron chi connectivity index (χ3n) is 3.25. The molecule has 0 bridgehead atoms. The van der Waals surface area contributed by atoms with Crippen LogP contribution in [0.2, 0.25) is 0 Å². The molecule has 0 saturated carbocycles. The van der Waals surface area contributed by atoms with Crippen molar-refractivity contribution >= 4 is 5.91 Å². The standard InChI is InChI=1S/C14H18N2O/c1-3-14(17)16-10-13(11-16)15(2)9-12-7-5-4-6-8-12/h3-8,13H,1,9-11H2,2H3. The molecule has 1 aliphatic rings. The van der Waals surface area contributed by atoms with Crippen LogP contribution in [0.3, 0.4) is 0 Å². The maximum absolute atomic E-state index is 11.3. The quantitative estimate of drug-likeness (QED) is 0.732. The van der Waals surface area contributed by atoms with Gasteiger partial charge in [0.2, 0.25) is 5.91 Å². The molecule has 3 heteroatoms. The van der Waals surface area contributed by atoms with E-state index < -0.39 is 0 Å². The Morgan fingerprint density at radius 3 is 2.71 bits per heavy atom. The van der Waals surface area contributed by atoms with Crippen molar-refractivity contribution in [2.45, 2.75) is 12.6 Å². The topological polar surface area (TPSA) is 23.6 Å². The van der Waals surface area contributed by atoms with Crippen molar-refractivity contribution in [3.8, 4) is 0 Å². The summed E-state index contributed by atoms with van der Waals surface area (Å²) in [6.07, 6.45) is 1.38. The van der Waals surface area contributed by atoms with Crippen LogP contribution >= 0.6 is 0 Å². The zero-order valence-corrected chi connectivity index (χ0v) is 10.2. The summed E-state index contributed by atoms with van der Waals surface area (Å²) in [7, 11) is 2.10. The number of carbonyl (C=O) groups is 1. The second-order valence-corrected chi connectivity index (χ2v) is 4.50. The highest BCUT2D eigenvalue weighted by Crippen LogP contribution is 2.16. The lowest BCUT2D eigenvalue weighted by molar-refractivity contribution is -0.132. The number of hydrogen-bond acceptors (Lipinski definition) is 2. The van der Waals surface area contributed by atoms with Crippen LogP contribution in [-0.2, 0) is 11.3 Å². The molecule has 17 heavy (non-hydrogen) atoms. The highest BCUT2D eigenvalue weighted by atomic mass is 16.2. The lowest BCUT2D eigenvalue weighted by Crippen LogP contribution is -2.59. The highest BCUT2D eigenvalue weighted by molar-refractivity contribution is 5.87. The monoisotopic (exact) mass is 230 g/mol. The average Bonchev–Trinajstić information content (AvgIpc) is 2.28. The summed E-state index contributed by atoms with van der Waals surface area (Å²) in [5.74, 6) is 0.0364. The van der Waals surface area contributed by atoms with Gasteiger partial charge in [-0.25, -0.2) is 0 Å². The number of nitrogens with zero attached hydrogens (tertiary/aromatic N) is 2. The van der Waals surface area contributed by atoms with Gasteiger partial charge in [-0.1, -0.05) is 36.9 Å². The molecule has 0 unspecified atom stereocenters. The van der Waals surface area contributed by atoms with Gasteiger partial charge >= 0.3 is 0 Å². The molecule has 1 aliphatic heterocycles. The second kappa shape index (κ2) is 5.15. The third kappa shape index (κ3) is 2.74. The van der Waals surface area contributed by atoms with Gasteiger partial charge in [0, 0.05) is 25.7 Å². The summed E-state index contributed by atoms with van der Waals surface area (Å²) >= 11 is 0. The van der Waals surface area contributed by atoms with E-state index in [1.165, 1.54) is 11.6 Å². The Bertz CT molecular complexity index is 396. The minimum absolute atomic E-state index is 0.0364. The fourth-order valence-electron chi connectivity index (χ4n) is 2.04. The average molecular weight is 230 g/mol. The first kappa shape index (κ1) is 11.9. The molecule has 0 spiro atoms. The van der Waals surface area contributed by atoms with Crippen LogP contribution in [-0.4, -0.2) is 41.9 Å². The van der Waals surface area contributed by atoms with Gasteiger partial charge in [0.1, 0.15) is 0 Å². The van der Waals surface area contributed by atoms with E-state index in [9.17, 15) is 4.79 Å². The molecule has 1 fully saturated rings. The zero-order chi connectivity index (χ0) is 12.3. The Morgan fingerprint density at radius 1 is 1.47 bits per heavy atom. The molecule has 1 aromatic rings. The van der Waals surface area contributed by atoms with Crippen molar-refractivity contribution in [2.24, 2.45) is 0 Å². The molecule has 1 saturated heterocycles. The van der Waals surface area contributed by atoms with E-state index >= 15 is 0 Å². The Kier molecular flexibility index (Phi) is 3.59. The molecular weight excluding hydrogens is 212 g/mol. The molecule has 1 heterocycles. The minimum Gasteiger partial charge on any atom is -0.336 e. The van der Waals surface area contributed by atoms with E-state index in [-0.39, 0.29) is 5.91 Å². The van der Waals surface area contributed by atoms with Crippen molar-refractivity contribution in [3.63, 3.8) is 0 Å². The molecule has 0 radical (unpaired) electrons. The van der Waals surface area contributed by atoms with E-state index in [4.69, 9.17) is 0 Å². The zero-order valence-electron chi connectivity index (χ0n) is 10.2. The van der Waals surface area contributed by atoms with E-state index in [1.807, 2.05) is 11.0 Å². The lowest BCUT2D eigenvalue weighted by Gasteiger charge is -2.43. The second-order valence-electron chi connectivity index (χ2n) is 4.50. The van der Waals surface area contributed by atoms with E-state index in [0.717, 1.165) is 19.6 Å². The van der Waals surface area contributed by atoms with Gasteiger partial charge in [0.05, 0.1) is 0 Å². The number of likely N-dealkylation sites (tertiary alicyclic amines) is 1. The molecule has 1 amide bonds. The molecule has 0 N–H and O–H groups in total. The fraction of sp³-hybridized carbons (Fsp3) is 0.357. The summed E-state index contributed by atoms with van der Waals surface area (Å²) < 4.78 is 0. The van der Waals surface area contributed by atoms with Crippen LogP contribution in [0.4, 0.5) is 0 Å². The number of likely N-dealkylation sites (N-methyl/N-ethyl adjacent to an activating group) is 1. The first-order valence-corrected chi connectivity index (χ1v) is 5.86. The van der Waals surface area contributed by atoms with Crippen molar-refractivity contribution in [1.82, 2.24) is 9.80 Å². The van der Waals surface area contributed by atoms with Crippen molar-refractivity contribution in [2.75, 3.05) is 20.1 Å². The fourth-order valence-corrected chi connectivity index (χ4v) is 2.04. The van der Waals surface area contributed by atoms with Crippen molar-refractivity contribution < 1.29 is 4.79 Å². The van der Waals surface area contributed by atoms with Crippen LogP contribution in [0.5, 0.6) is 0 Å². The molecule has 3 nitrogen and oxygen atoms in total. The van der Waals surface area contributed by atoms with Gasteiger partial charge in [-0.2, -0.15) is 0 Å².